The first-order chi connectivity index (χ1) is 8.01. The molecule has 1 N–H and O–H groups in total. The van der Waals surface area contributed by atoms with Crippen molar-refractivity contribution < 1.29 is 13.9 Å². The fourth-order valence-electron chi connectivity index (χ4n) is 2.33. The number of hydrogen-bond donors (Lipinski definition) is 1. The third kappa shape index (κ3) is 2.64. The summed E-state index contributed by atoms with van der Waals surface area (Å²) in [5, 5.41) is 10.5. The summed E-state index contributed by atoms with van der Waals surface area (Å²) in [7, 11) is 2.00. The largest absolute Gasteiger partial charge is 0.385 e. The Labute approximate surface area is 99.9 Å². The Morgan fingerprint density at radius 3 is 2.65 bits per heavy atom. The van der Waals surface area contributed by atoms with Gasteiger partial charge in [-0.1, -0.05) is 6.07 Å². The van der Waals surface area contributed by atoms with Crippen molar-refractivity contribution in [1.82, 2.24) is 4.90 Å². The molecule has 94 valence electrons. The molecule has 1 saturated heterocycles. The van der Waals surface area contributed by atoms with Crippen LogP contribution in [0.1, 0.15) is 24.8 Å². The molecule has 1 aliphatic rings. The van der Waals surface area contributed by atoms with Crippen LogP contribution in [0.3, 0.4) is 0 Å². The summed E-state index contributed by atoms with van der Waals surface area (Å²) in [6, 6.07) is 3.67. The van der Waals surface area contributed by atoms with E-state index in [1.54, 1.807) is 0 Å². The van der Waals surface area contributed by atoms with Crippen LogP contribution >= 0.6 is 0 Å². The Hall–Kier alpha value is -1.00. The molecule has 1 aromatic rings. The van der Waals surface area contributed by atoms with Crippen molar-refractivity contribution in [3.8, 4) is 0 Å². The van der Waals surface area contributed by atoms with E-state index in [0.717, 1.165) is 31.6 Å². The summed E-state index contributed by atoms with van der Waals surface area (Å²) in [5.74, 6) is -1.77. The Bertz CT molecular complexity index is 410. The van der Waals surface area contributed by atoms with Gasteiger partial charge in [-0.15, -0.1) is 0 Å². The minimum absolute atomic E-state index is 0.478. The highest BCUT2D eigenvalue weighted by molar-refractivity contribution is 5.24. The van der Waals surface area contributed by atoms with Crippen LogP contribution in [0.25, 0.3) is 0 Å². The molecule has 1 fully saturated rings. The van der Waals surface area contributed by atoms with E-state index in [9.17, 15) is 13.9 Å². The summed E-state index contributed by atoms with van der Waals surface area (Å²) >= 11 is 0. The zero-order valence-corrected chi connectivity index (χ0v) is 9.92. The lowest BCUT2D eigenvalue weighted by atomic mass is 9.87. The molecule has 0 saturated carbocycles. The van der Waals surface area contributed by atoms with Crippen molar-refractivity contribution in [3.05, 3.63) is 35.4 Å². The van der Waals surface area contributed by atoms with Crippen molar-refractivity contribution in [2.24, 2.45) is 0 Å². The van der Waals surface area contributed by atoms with Crippen LogP contribution in [0.2, 0.25) is 0 Å². The van der Waals surface area contributed by atoms with Gasteiger partial charge in [-0.3, -0.25) is 0 Å². The number of halogens is 2. The van der Waals surface area contributed by atoms with Gasteiger partial charge in [0.15, 0.2) is 11.6 Å². The van der Waals surface area contributed by atoms with Crippen LogP contribution in [0, 0.1) is 11.6 Å². The van der Waals surface area contributed by atoms with E-state index < -0.39 is 17.2 Å². The molecule has 0 aliphatic carbocycles. The van der Waals surface area contributed by atoms with Gasteiger partial charge in [0.2, 0.25) is 0 Å². The highest BCUT2D eigenvalue weighted by Crippen LogP contribution is 2.33. The average molecular weight is 241 g/mol. The van der Waals surface area contributed by atoms with Crippen LogP contribution < -0.4 is 0 Å². The van der Waals surface area contributed by atoms with Crippen molar-refractivity contribution in [3.63, 3.8) is 0 Å². The van der Waals surface area contributed by atoms with E-state index in [1.165, 1.54) is 6.07 Å². The zero-order chi connectivity index (χ0) is 12.5. The Morgan fingerprint density at radius 1 is 1.18 bits per heavy atom. The molecule has 4 heteroatoms. The quantitative estimate of drug-likeness (QED) is 0.815. The second kappa shape index (κ2) is 4.70. The smallest absolute Gasteiger partial charge is 0.159 e. The minimum Gasteiger partial charge on any atom is -0.385 e. The van der Waals surface area contributed by atoms with Crippen LogP contribution in [0.5, 0.6) is 0 Å². The highest BCUT2D eigenvalue weighted by Gasteiger charge is 2.31. The third-order valence-corrected chi connectivity index (χ3v) is 3.49. The molecule has 17 heavy (non-hydrogen) atoms. The maximum absolute atomic E-state index is 13.2. The van der Waals surface area contributed by atoms with Crippen molar-refractivity contribution >= 4 is 0 Å². The molecule has 0 radical (unpaired) electrons. The van der Waals surface area contributed by atoms with Crippen LogP contribution in [-0.2, 0) is 5.60 Å². The molecule has 1 heterocycles. The average Bonchev–Trinajstić information content (AvgIpc) is 2.46. The van der Waals surface area contributed by atoms with Crippen molar-refractivity contribution in [1.29, 1.82) is 0 Å². The second-order valence-electron chi connectivity index (χ2n) is 4.82. The van der Waals surface area contributed by atoms with E-state index >= 15 is 0 Å². The van der Waals surface area contributed by atoms with Gasteiger partial charge >= 0.3 is 0 Å². The van der Waals surface area contributed by atoms with Gasteiger partial charge in [0.1, 0.15) is 0 Å². The molecule has 0 spiro atoms. The van der Waals surface area contributed by atoms with Crippen LogP contribution in [0.4, 0.5) is 8.78 Å². The number of likely N-dealkylation sites (tertiary alicyclic amines) is 1. The summed E-state index contributed by atoms with van der Waals surface area (Å²) < 4.78 is 26.1. The molecule has 2 rings (SSSR count). The highest BCUT2D eigenvalue weighted by atomic mass is 19.2. The summed E-state index contributed by atoms with van der Waals surface area (Å²) in [6.07, 6.45) is 1.99. The van der Waals surface area contributed by atoms with Crippen LogP contribution in [-0.4, -0.2) is 30.1 Å². The fraction of sp³-hybridized carbons (Fsp3) is 0.538. The molecule has 0 bridgehead atoms. The summed E-state index contributed by atoms with van der Waals surface area (Å²) in [4.78, 5) is 2.14. The molecule has 1 unspecified atom stereocenters. The van der Waals surface area contributed by atoms with Gasteiger partial charge in [-0.2, -0.15) is 0 Å². The molecule has 1 aliphatic heterocycles. The molecule has 1 atom stereocenters. The predicted molar refractivity (Wildman–Crippen MR) is 61.6 cm³/mol. The van der Waals surface area contributed by atoms with Gasteiger partial charge in [-0.05, 0) is 50.6 Å². The lowest BCUT2D eigenvalue weighted by molar-refractivity contribution is 0.0214. The monoisotopic (exact) mass is 241 g/mol. The first-order valence-electron chi connectivity index (χ1n) is 5.88. The van der Waals surface area contributed by atoms with E-state index in [4.69, 9.17) is 0 Å². The number of aliphatic hydroxyl groups is 1. The molecule has 0 amide bonds. The minimum atomic E-state index is -1.03. The molecular weight excluding hydrogens is 224 g/mol. The van der Waals surface area contributed by atoms with E-state index in [1.807, 2.05) is 7.05 Å². The van der Waals surface area contributed by atoms with Crippen molar-refractivity contribution in [2.75, 3.05) is 20.1 Å². The number of nitrogens with zero attached hydrogens (tertiary/aromatic N) is 1. The first kappa shape index (κ1) is 12.5. The Morgan fingerprint density at radius 2 is 1.94 bits per heavy atom. The van der Waals surface area contributed by atoms with Gasteiger partial charge in [0.05, 0.1) is 5.60 Å². The fourth-order valence-corrected chi connectivity index (χ4v) is 2.33. The molecule has 1 aromatic carbocycles. The Balaban J connectivity index is 2.27. The zero-order valence-electron chi connectivity index (χ0n) is 9.92. The number of rotatable bonds is 1. The Kier molecular flexibility index (Phi) is 3.45. The van der Waals surface area contributed by atoms with E-state index in [-0.39, 0.29) is 0 Å². The molecule has 0 aromatic heterocycles. The lowest BCUT2D eigenvalue weighted by Gasteiger charge is -2.27. The maximum Gasteiger partial charge on any atom is 0.159 e. The number of hydrogen-bond acceptors (Lipinski definition) is 2. The SMILES string of the molecule is CN1CCCC(O)(c2ccc(F)c(F)c2)CC1. The summed E-state index contributed by atoms with van der Waals surface area (Å²) in [6.45, 7) is 1.68. The third-order valence-electron chi connectivity index (χ3n) is 3.49. The van der Waals surface area contributed by atoms with Crippen molar-refractivity contribution in [2.45, 2.75) is 24.9 Å². The predicted octanol–water partition coefficient (Wildman–Crippen LogP) is 2.27. The van der Waals surface area contributed by atoms with Gasteiger partial charge in [-0.25, -0.2) is 8.78 Å². The second-order valence-corrected chi connectivity index (χ2v) is 4.82. The van der Waals surface area contributed by atoms with Gasteiger partial charge < -0.3 is 10.0 Å². The van der Waals surface area contributed by atoms with Gasteiger partial charge in [0.25, 0.3) is 0 Å². The lowest BCUT2D eigenvalue weighted by Crippen LogP contribution is -2.27. The van der Waals surface area contributed by atoms with Gasteiger partial charge in [0, 0.05) is 6.54 Å². The molecule has 2 nitrogen and oxygen atoms in total. The topological polar surface area (TPSA) is 23.5 Å². The first-order valence-corrected chi connectivity index (χ1v) is 5.88. The van der Waals surface area contributed by atoms with E-state index in [2.05, 4.69) is 4.90 Å². The standard InChI is InChI=1S/C13H17F2NO/c1-16-7-2-5-13(17,6-8-16)10-3-4-11(14)12(15)9-10/h3-4,9,17H,2,5-8H2,1H3. The maximum atomic E-state index is 13.2. The van der Waals surface area contributed by atoms with Crippen LogP contribution in [0.15, 0.2) is 18.2 Å². The molecular formula is C13H17F2NO. The number of benzene rings is 1. The summed E-state index contributed by atoms with van der Waals surface area (Å²) in [5.41, 5.74) is -0.550. The van der Waals surface area contributed by atoms with E-state index in [0.29, 0.717) is 18.4 Å². The normalized spacial score (nSPS) is 26.8.